The third kappa shape index (κ3) is 3.46. The minimum atomic E-state index is -0.948. The first-order valence-electron chi connectivity index (χ1n) is 4.31. The molecule has 4 nitrogen and oxygen atoms in total. The fourth-order valence-electron chi connectivity index (χ4n) is 1.01. The van der Waals surface area contributed by atoms with E-state index >= 15 is 0 Å². The van der Waals surface area contributed by atoms with Crippen LogP contribution in [0.3, 0.4) is 0 Å². The van der Waals surface area contributed by atoms with Gasteiger partial charge in [-0.05, 0) is 12.1 Å². The fourth-order valence-corrected chi connectivity index (χ4v) is 1.01. The largest absolute Gasteiger partial charge is 0.493 e. The SMILES string of the molecule is COc1cc(F)ccc1OCCC(=O)O. The van der Waals surface area contributed by atoms with Gasteiger partial charge < -0.3 is 14.6 Å². The number of carboxylic acid groups (broad SMARTS) is 1. The molecule has 0 unspecified atom stereocenters. The van der Waals surface area contributed by atoms with Crippen molar-refractivity contribution in [3.63, 3.8) is 0 Å². The van der Waals surface area contributed by atoms with Crippen LogP contribution < -0.4 is 9.47 Å². The lowest BCUT2D eigenvalue weighted by molar-refractivity contribution is -0.137. The molecule has 0 aliphatic heterocycles. The molecule has 0 heterocycles. The summed E-state index contributed by atoms with van der Waals surface area (Å²) in [5.41, 5.74) is 0. The average Bonchev–Trinajstić information content (AvgIpc) is 2.19. The predicted octanol–water partition coefficient (Wildman–Crippen LogP) is 1.69. The molecule has 1 aromatic rings. The molecule has 0 aliphatic rings. The Kier molecular flexibility index (Phi) is 3.91. The Morgan fingerprint density at radius 2 is 2.20 bits per heavy atom. The lowest BCUT2D eigenvalue weighted by Crippen LogP contribution is -2.05. The standard InChI is InChI=1S/C10H11FO4/c1-14-9-6-7(11)2-3-8(9)15-5-4-10(12)13/h2-3,6H,4-5H2,1H3,(H,12,13). The van der Waals surface area contributed by atoms with Crippen molar-refractivity contribution >= 4 is 5.97 Å². The second-order valence-corrected chi connectivity index (χ2v) is 2.79. The van der Waals surface area contributed by atoms with Crippen LogP contribution in [0.1, 0.15) is 6.42 Å². The van der Waals surface area contributed by atoms with Crippen LogP contribution in [0.5, 0.6) is 11.5 Å². The highest BCUT2D eigenvalue weighted by atomic mass is 19.1. The quantitative estimate of drug-likeness (QED) is 0.810. The molecule has 5 heteroatoms. The average molecular weight is 214 g/mol. The minimum absolute atomic E-state index is 0.0251. The number of halogens is 1. The molecule has 1 aromatic carbocycles. The first-order chi connectivity index (χ1) is 7.13. The van der Waals surface area contributed by atoms with Gasteiger partial charge in [0.25, 0.3) is 0 Å². The molecule has 0 spiro atoms. The Labute approximate surface area is 86.2 Å². The Hall–Kier alpha value is -1.78. The second kappa shape index (κ2) is 5.19. The molecular formula is C10H11FO4. The zero-order valence-corrected chi connectivity index (χ0v) is 8.20. The summed E-state index contributed by atoms with van der Waals surface area (Å²) in [6, 6.07) is 3.80. The molecule has 1 rings (SSSR count). The molecule has 0 bridgehead atoms. The van der Waals surface area contributed by atoms with Gasteiger partial charge in [-0.15, -0.1) is 0 Å². The molecule has 15 heavy (non-hydrogen) atoms. The van der Waals surface area contributed by atoms with E-state index in [9.17, 15) is 9.18 Å². The molecule has 82 valence electrons. The van der Waals surface area contributed by atoms with Gasteiger partial charge in [0, 0.05) is 6.07 Å². The Balaban J connectivity index is 2.63. The molecule has 0 aliphatic carbocycles. The van der Waals surface area contributed by atoms with Crippen molar-refractivity contribution in [2.75, 3.05) is 13.7 Å². The van der Waals surface area contributed by atoms with Crippen molar-refractivity contribution in [1.82, 2.24) is 0 Å². The molecular weight excluding hydrogens is 203 g/mol. The van der Waals surface area contributed by atoms with Gasteiger partial charge in [0.05, 0.1) is 20.1 Å². The molecule has 1 N–H and O–H groups in total. The van der Waals surface area contributed by atoms with Crippen molar-refractivity contribution in [3.8, 4) is 11.5 Å². The van der Waals surface area contributed by atoms with Gasteiger partial charge in [-0.2, -0.15) is 0 Å². The number of carbonyl (C=O) groups is 1. The summed E-state index contributed by atoms with van der Waals surface area (Å²) in [5.74, 6) is -0.797. The molecule has 0 fully saturated rings. The summed E-state index contributed by atoms with van der Waals surface area (Å²) < 4.78 is 22.7. The van der Waals surface area contributed by atoms with E-state index in [1.165, 1.54) is 25.3 Å². The van der Waals surface area contributed by atoms with E-state index in [0.29, 0.717) is 5.75 Å². The molecule has 0 radical (unpaired) electrons. The summed E-state index contributed by atoms with van der Waals surface area (Å²) in [6.07, 6.45) is -0.111. The summed E-state index contributed by atoms with van der Waals surface area (Å²) in [6.45, 7) is 0.0251. The van der Waals surface area contributed by atoms with Crippen molar-refractivity contribution in [3.05, 3.63) is 24.0 Å². The van der Waals surface area contributed by atoms with Gasteiger partial charge in [-0.3, -0.25) is 4.79 Å². The van der Waals surface area contributed by atoms with E-state index in [-0.39, 0.29) is 18.8 Å². The van der Waals surface area contributed by atoms with Crippen LogP contribution in [0.15, 0.2) is 18.2 Å². The van der Waals surface area contributed by atoms with Gasteiger partial charge in [-0.25, -0.2) is 4.39 Å². The molecule has 0 saturated carbocycles. The molecule has 0 atom stereocenters. The number of hydrogen-bond donors (Lipinski definition) is 1. The smallest absolute Gasteiger partial charge is 0.306 e. The van der Waals surface area contributed by atoms with Crippen LogP contribution >= 0.6 is 0 Å². The number of hydrogen-bond acceptors (Lipinski definition) is 3. The van der Waals surface area contributed by atoms with Gasteiger partial charge in [0.15, 0.2) is 11.5 Å². The van der Waals surface area contributed by atoms with Crippen molar-refractivity contribution in [2.24, 2.45) is 0 Å². The Morgan fingerprint density at radius 1 is 1.47 bits per heavy atom. The highest BCUT2D eigenvalue weighted by Gasteiger charge is 2.06. The van der Waals surface area contributed by atoms with Crippen molar-refractivity contribution in [1.29, 1.82) is 0 Å². The van der Waals surface area contributed by atoms with Gasteiger partial charge in [-0.1, -0.05) is 0 Å². The number of rotatable bonds is 5. The van der Waals surface area contributed by atoms with Crippen molar-refractivity contribution < 1.29 is 23.8 Å². The predicted molar refractivity (Wildman–Crippen MR) is 50.7 cm³/mol. The third-order valence-corrected chi connectivity index (χ3v) is 1.70. The van der Waals surface area contributed by atoms with E-state index in [4.69, 9.17) is 14.6 Å². The number of ether oxygens (including phenoxy) is 2. The number of aliphatic carboxylic acids is 1. The Bertz CT molecular complexity index is 351. The second-order valence-electron chi connectivity index (χ2n) is 2.79. The number of benzene rings is 1. The number of methoxy groups -OCH3 is 1. The highest BCUT2D eigenvalue weighted by molar-refractivity contribution is 5.66. The molecule has 0 aromatic heterocycles. The third-order valence-electron chi connectivity index (χ3n) is 1.70. The summed E-state index contributed by atoms with van der Waals surface area (Å²) >= 11 is 0. The van der Waals surface area contributed by atoms with Gasteiger partial charge in [0.1, 0.15) is 5.82 Å². The van der Waals surface area contributed by atoms with Crippen LogP contribution in [0.4, 0.5) is 4.39 Å². The Morgan fingerprint density at radius 3 is 2.80 bits per heavy atom. The fraction of sp³-hybridized carbons (Fsp3) is 0.300. The van der Waals surface area contributed by atoms with E-state index in [2.05, 4.69) is 0 Å². The maximum absolute atomic E-state index is 12.8. The summed E-state index contributed by atoms with van der Waals surface area (Å²) in [4.78, 5) is 10.2. The molecule has 0 saturated heterocycles. The minimum Gasteiger partial charge on any atom is -0.493 e. The zero-order chi connectivity index (χ0) is 11.3. The van der Waals surface area contributed by atoms with E-state index in [1.807, 2.05) is 0 Å². The maximum atomic E-state index is 12.8. The first kappa shape index (κ1) is 11.3. The lowest BCUT2D eigenvalue weighted by atomic mass is 10.3. The summed E-state index contributed by atoms with van der Waals surface area (Å²) in [7, 11) is 1.39. The van der Waals surface area contributed by atoms with Crippen LogP contribution in [0.2, 0.25) is 0 Å². The van der Waals surface area contributed by atoms with Crippen LogP contribution in [0, 0.1) is 5.82 Å². The normalized spacial score (nSPS) is 9.73. The van der Waals surface area contributed by atoms with Crippen LogP contribution in [0.25, 0.3) is 0 Å². The molecule has 0 amide bonds. The summed E-state index contributed by atoms with van der Waals surface area (Å²) in [5, 5.41) is 8.39. The first-order valence-corrected chi connectivity index (χ1v) is 4.31. The van der Waals surface area contributed by atoms with E-state index < -0.39 is 11.8 Å². The van der Waals surface area contributed by atoms with Gasteiger partial charge in [0.2, 0.25) is 0 Å². The van der Waals surface area contributed by atoms with Crippen LogP contribution in [-0.2, 0) is 4.79 Å². The van der Waals surface area contributed by atoms with Crippen molar-refractivity contribution in [2.45, 2.75) is 6.42 Å². The highest BCUT2D eigenvalue weighted by Crippen LogP contribution is 2.27. The topological polar surface area (TPSA) is 55.8 Å². The lowest BCUT2D eigenvalue weighted by Gasteiger charge is -2.09. The maximum Gasteiger partial charge on any atom is 0.306 e. The number of carboxylic acids is 1. The zero-order valence-electron chi connectivity index (χ0n) is 8.20. The van der Waals surface area contributed by atoms with Gasteiger partial charge >= 0.3 is 5.97 Å². The van der Waals surface area contributed by atoms with E-state index in [0.717, 1.165) is 0 Å². The van der Waals surface area contributed by atoms with Crippen LogP contribution in [-0.4, -0.2) is 24.8 Å². The monoisotopic (exact) mass is 214 g/mol. The van der Waals surface area contributed by atoms with E-state index in [1.54, 1.807) is 0 Å².